The molecule has 0 aliphatic rings. The monoisotopic (exact) mass is 267 g/mol. The standard InChI is InChI=1S/C13H17NO5/c1-16-13(17-2)9-19-11-4-3-10(8-14)7-12(11)18-6-5-15/h3-4,7,13,15H,5-6,9H2,1-2H3. The van der Waals surface area contributed by atoms with Crippen LogP contribution in [-0.2, 0) is 9.47 Å². The van der Waals surface area contributed by atoms with Crippen LogP contribution in [0.15, 0.2) is 18.2 Å². The first-order valence-electron chi connectivity index (χ1n) is 5.71. The average Bonchev–Trinajstić information content (AvgIpc) is 2.46. The maximum Gasteiger partial charge on any atom is 0.191 e. The molecule has 0 spiro atoms. The lowest BCUT2D eigenvalue weighted by atomic mass is 10.2. The van der Waals surface area contributed by atoms with Crippen molar-refractivity contribution in [2.24, 2.45) is 0 Å². The van der Waals surface area contributed by atoms with Crippen molar-refractivity contribution in [2.75, 3.05) is 34.0 Å². The van der Waals surface area contributed by atoms with Gasteiger partial charge in [0.25, 0.3) is 0 Å². The van der Waals surface area contributed by atoms with Crippen molar-refractivity contribution in [2.45, 2.75) is 6.29 Å². The molecule has 0 saturated carbocycles. The van der Waals surface area contributed by atoms with E-state index in [1.165, 1.54) is 14.2 Å². The lowest BCUT2D eigenvalue weighted by Crippen LogP contribution is -2.22. The fourth-order valence-electron chi connectivity index (χ4n) is 1.36. The number of rotatable bonds is 8. The lowest BCUT2D eigenvalue weighted by molar-refractivity contribution is -0.122. The van der Waals surface area contributed by atoms with Gasteiger partial charge in [-0.15, -0.1) is 0 Å². The van der Waals surface area contributed by atoms with E-state index >= 15 is 0 Å². The Morgan fingerprint density at radius 1 is 1.21 bits per heavy atom. The molecule has 0 aromatic heterocycles. The van der Waals surface area contributed by atoms with Crippen LogP contribution in [0.5, 0.6) is 11.5 Å². The first-order valence-corrected chi connectivity index (χ1v) is 5.71. The Morgan fingerprint density at radius 3 is 2.53 bits per heavy atom. The molecule has 0 radical (unpaired) electrons. The zero-order valence-electron chi connectivity index (χ0n) is 11.0. The molecule has 0 aliphatic carbocycles. The summed E-state index contributed by atoms with van der Waals surface area (Å²) >= 11 is 0. The van der Waals surface area contributed by atoms with E-state index < -0.39 is 6.29 Å². The van der Waals surface area contributed by atoms with Crippen LogP contribution in [0.1, 0.15) is 5.56 Å². The summed E-state index contributed by atoms with van der Waals surface area (Å²) in [6, 6.07) is 6.82. The maximum atomic E-state index is 8.84. The largest absolute Gasteiger partial charge is 0.487 e. The SMILES string of the molecule is COC(COc1ccc(C#N)cc1OCCO)OC. The maximum absolute atomic E-state index is 8.84. The van der Waals surface area contributed by atoms with Crippen molar-refractivity contribution in [3.63, 3.8) is 0 Å². The molecular formula is C13H17NO5. The van der Waals surface area contributed by atoms with Crippen LogP contribution in [0.25, 0.3) is 0 Å². The number of benzene rings is 1. The molecule has 0 saturated heterocycles. The zero-order valence-corrected chi connectivity index (χ0v) is 11.0. The second-order valence-corrected chi connectivity index (χ2v) is 3.56. The van der Waals surface area contributed by atoms with Gasteiger partial charge in [0.05, 0.1) is 18.2 Å². The third kappa shape index (κ3) is 4.75. The van der Waals surface area contributed by atoms with E-state index in [1.54, 1.807) is 18.2 Å². The van der Waals surface area contributed by atoms with Gasteiger partial charge in [0.15, 0.2) is 17.8 Å². The molecule has 0 unspecified atom stereocenters. The molecule has 0 aliphatic heterocycles. The summed E-state index contributed by atoms with van der Waals surface area (Å²) in [5, 5.41) is 17.6. The molecule has 0 amide bonds. The molecule has 1 N–H and O–H groups in total. The van der Waals surface area contributed by atoms with Crippen molar-refractivity contribution in [1.29, 1.82) is 5.26 Å². The van der Waals surface area contributed by atoms with E-state index in [2.05, 4.69) is 0 Å². The molecule has 1 aromatic carbocycles. The number of nitriles is 1. The molecule has 0 fully saturated rings. The summed E-state index contributed by atoms with van der Waals surface area (Å²) in [5.74, 6) is 0.866. The van der Waals surface area contributed by atoms with Gasteiger partial charge in [-0.3, -0.25) is 0 Å². The molecule has 19 heavy (non-hydrogen) atoms. The Labute approximate surface area is 112 Å². The smallest absolute Gasteiger partial charge is 0.191 e. The predicted octanol–water partition coefficient (Wildman–Crippen LogP) is 0.927. The van der Waals surface area contributed by atoms with Gasteiger partial charge in [-0.2, -0.15) is 5.26 Å². The Kier molecular flexibility index (Phi) is 6.68. The van der Waals surface area contributed by atoms with Crippen molar-refractivity contribution in [3.8, 4) is 17.6 Å². The van der Waals surface area contributed by atoms with Crippen LogP contribution in [-0.4, -0.2) is 45.4 Å². The predicted molar refractivity (Wildman–Crippen MR) is 67.0 cm³/mol. The van der Waals surface area contributed by atoms with Crippen LogP contribution in [0.4, 0.5) is 0 Å². The molecule has 6 nitrogen and oxygen atoms in total. The first kappa shape index (κ1) is 15.2. The number of aliphatic hydroxyl groups is 1. The zero-order chi connectivity index (χ0) is 14.1. The van der Waals surface area contributed by atoms with Crippen LogP contribution in [0.3, 0.4) is 0 Å². The van der Waals surface area contributed by atoms with Gasteiger partial charge in [-0.05, 0) is 12.1 Å². The second kappa shape index (κ2) is 8.32. The molecule has 0 atom stereocenters. The minimum absolute atomic E-state index is 0.116. The Morgan fingerprint density at radius 2 is 1.95 bits per heavy atom. The van der Waals surface area contributed by atoms with Gasteiger partial charge < -0.3 is 24.1 Å². The van der Waals surface area contributed by atoms with E-state index in [4.69, 9.17) is 29.3 Å². The third-order valence-corrected chi connectivity index (χ3v) is 2.32. The van der Waals surface area contributed by atoms with Gasteiger partial charge >= 0.3 is 0 Å². The van der Waals surface area contributed by atoms with Crippen molar-refractivity contribution < 1.29 is 24.1 Å². The highest BCUT2D eigenvalue weighted by Crippen LogP contribution is 2.28. The summed E-state index contributed by atoms with van der Waals surface area (Å²) in [6.07, 6.45) is -0.485. The van der Waals surface area contributed by atoms with Gasteiger partial charge in [-0.25, -0.2) is 0 Å². The topological polar surface area (TPSA) is 80.9 Å². The van der Waals surface area contributed by atoms with Crippen molar-refractivity contribution in [1.82, 2.24) is 0 Å². The molecule has 1 rings (SSSR count). The normalized spacial score (nSPS) is 10.3. The summed E-state index contributed by atoms with van der Waals surface area (Å²) in [7, 11) is 3.03. The van der Waals surface area contributed by atoms with Crippen LogP contribution >= 0.6 is 0 Å². The number of nitrogens with zero attached hydrogens (tertiary/aromatic N) is 1. The third-order valence-electron chi connectivity index (χ3n) is 2.32. The second-order valence-electron chi connectivity index (χ2n) is 3.56. The molecule has 6 heteroatoms. The summed E-state index contributed by atoms with van der Waals surface area (Å²) in [6.45, 7) is 0.201. The molecule has 1 aromatic rings. The lowest BCUT2D eigenvalue weighted by Gasteiger charge is -2.16. The molecule has 0 bridgehead atoms. The van der Waals surface area contributed by atoms with E-state index in [0.29, 0.717) is 17.1 Å². The number of aliphatic hydroxyl groups excluding tert-OH is 1. The van der Waals surface area contributed by atoms with Gasteiger partial charge in [0, 0.05) is 20.3 Å². The van der Waals surface area contributed by atoms with E-state index in [9.17, 15) is 0 Å². The highest BCUT2D eigenvalue weighted by Gasteiger charge is 2.11. The molecule has 0 heterocycles. The summed E-state index contributed by atoms with van der Waals surface area (Å²) < 4.78 is 20.8. The minimum atomic E-state index is -0.485. The van der Waals surface area contributed by atoms with Crippen molar-refractivity contribution in [3.05, 3.63) is 23.8 Å². The van der Waals surface area contributed by atoms with Crippen LogP contribution in [0.2, 0.25) is 0 Å². The fraction of sp³-hybridized carbons (Fsp3) is 0.462. The number of methoxy groups -OCH3 is 2. The Bertz CT molecular complexity index is 426. The highest BCUT2D eigenvalue weighted by atomic mass is 16.7. The first-order chi connectivity index (χ1) is 9.24. The number of hydrogen-bond acceptors (Lipinski definition) is 6. The molecule has 104 valence electrons. The highest BCUT2D eigenvalue weighted by molar-refractivity contribution is 5.46. The van der Waals surface area contributed by atoms with Crippen LogP contribution < -0.4 is 9.47 Å². The number of ether oxygens (including phenoxy) is 4. The minimum Gasteiger partial charge on any atom is -0.487 e. The summed E-state index contributed by atoms with van der Waals surface area (Å²) in [4.78, 5) is 0. The van der Waals surface area contributed by atoms with E-state index in [-0.39, 0.29) is 19.8 Å². The van der Waals surface area contributed by atoms with Crippen LogP contribution in [0, 0.1) is 11.3 Å². The van der Waals surface area contributed by atoms with Crippen molar-refractivity contribution >= 4 is 0 Å². The Hall–Kier alpha value is -1.81. The van der Waals surface area contributed by atoms with E-state index in [1.807, 2.05) is 6.07 Å². The summed E-state index contributed by atoms with van der Waals surface area (Å²) in [5.41, 5.74) is 0.454. The number of hydrogen-bond donors (Lipinski definition) is 1. The fourth-order valence-corrected chi connectivity index (χ4v) is 1.36. The van der Waals surface area contributed by atoms with Gasteiger partial charge in [0.1, 0.15) is 13.2 Å². The average molecular weight is 267 g/mol. The Balaban J connectivity index is 2.77. The molecular weight excluding hydrogens is 250 g/mol. The van der Waals surface area contributed by atoms with E-state index in [0.717, 1.165) is 0 Å². The quantitative estimate of drug-likeness (QED) is 0.706. The van der Waals surface area contributed by atoms with Gasteiger partial charge in [0.2, 0.25) is 0 Å². The van der Waals surface area contributed by atoms with Gasteiger partial charge in [-0.1, -0.05) is 0 Å².